The summed E-state index contributed by atoms with van der Waals surface area (Å²) in [6.07, 6.45) is 2.73. The Morgan fingerprint density at radius 1 is 1.30 bits per heavy atom. The van der Waals surface area contributed by atoms with Crippen molar-refractivity contribution in [3.8, 4) is 0 Å². The van der Waals surface area contributed by atoms with Crippen LogP contribution in [0.15, 0.2) is 0 Å². The third kappa shape index (κ3) is 5.90. The summed E-state index contributed by atoms with van der Waals surface area (Å²) < 4.78 is 22.7. The Morgan fingerprint density at radius 2 is 1.85 bits per heavy atom. The molecule has 1 aliphatic carbocycles. The van der Waals surface area contributed by atoms with Crippen molar-refractivity contribution in [2.45, 2.75) is 33.1 Å². The minimum atomic E-state index is -3.12. The van der Waals surface area contributed by atoms with Crippen LogP contribution in [0.3, 0.4) is 0 Å². The van der Waals surface area contributed by atoms with E-state index in [9.17, 15) is 18.0 Å². The maximum atomic E-state index is 12.2. The third-order valence-corrected chi connectivity index (χ3v) is 4.45. The van der Waals surface area contributed by atoms with Crippen molar-refractivity contribution in [2.24, 2.45) is 11.3 Å². The van der Waals surface area contributed by atoms with Crippen LogP contribution in [0.25, 0.3) is 0 Å². The molecule has 0 radical (unpaired) electrons. The Morgan fingerprint density at radius 3 is 2.20 bits per heavy atom. The number of sulfone groups is 1. The number of nitrogens with zero attached hydrogens (tertiary/aromatic N) is 1. The molecule has 0 aromatic rings. The van der Waals surface area contributed by atoms with E-state index in [1.54, 1.807) is 0 Å². The molecule has 1 amide bonds. The van der Waals surface area contributed by atoms with E-state index < -0.39 is 21.2 Å². The molecule has 0 saturated heterocycles. The van der Waals surface area contributed by atoms with Crippen molar-refractivity contribution in [1.29, 1.82) is 0 Å². The van der Waals surface area contributed by atoms with E-state index in [1.807, 2.05) is 13.8 Å². The molecule has 0 atom stereocenters. The Labute approximate surface area is 120 Å². The topological polar surface area (TPSA) is 91.8 Å². The number of rotatable bonds is 8. The van der Waals surface area contributed by atoms with E-state index in [0.717, 1.165) is 0 Å². The summed E-state index contributed by atoms with van der Waals surface area (Å²) >= 11 is 0. The van der Waals surface area contributed by atoms with Crippen molar-refractivity contribution in [3.63, 3.8) is 0 Å². The molecule has 0 aliphatic heterocycles. The SMILES string of the molecule is CC(C)CN(CC(=O)O)C(=O)CC1(CS(C)(=O)=O)CC1. The van der Waals surface area contributed by atoms with E-state index in [0.29, 0.717) is 19.4 Å². The number of carbonyl (C=O) groups excluding carboxylic acids is 1. The molecule has 0 aromatic heterocycles. The molecule has 1 aliphatic rings. The second kappa shape index (κ2) is 6.11. The average Bonchev–Trinajstić information content (AvgIpc) is 2.91. The summed E-state index contributed by atoms with van der Waals surface area (Å²) in [4.78, 5) is 24.4. The molecule has 0 unspecified atom stereocenters. The molecule has 20 heavy (non-hydrogen) atoms. The van der Waals surface area contributed by atoms with Gasteiger partial charge < -0.3 is 10.0 Å². The molecule has 7 heteroatoms. The number of aliphatic carboxylic acids is 1. The first-order chi connectivity index (χ1) is 9.03. The Hall–Kier alpha value is -1.11. The van der Waals surface area contributed by atoms with Gasteiger partial charge in [0.1, 0.15) is 16.4 Å². The van der Waals surface area contributed by atoms with E-state index in [1.165, 1.54) is 11.2 Å². The molecule has 1 N–H and O–H groups in total. The lowest BCUT2D eigenvalue weighted by Gasteiger charge is -2.25. The second-order valence-electron chi connectivity index (χ2n) is 6.31. The Bertz CT molecular complexity index is 479. The van der Waals surface area contributed by atoms with Gasteiger partial charge in [-0.1, -0.05) is 13.8 Å². The number of carboxylic acid groups (broad SMARTS) is 1. The molecule has 1 rings (SSSR count). The van der Waals surface area contributed by atoms with Crippen molar-refractivity contribution < 1.29 is 23.1 Å². The van der Waals surface area contributed by atoms with Crippen LogP contribution >= 0.6 is 0 Å². The zero-order chi connectivity index (χ0) is 15.6. The summed E-state index contributed by atoms with van der Waals surface area (Å²) in [5, 5.41) is 8.86. The first-order valence-electron chi connectivity index (χ1n) is 6.70. The Balaban J connectivity index is 2.68. The number of hydrogen-bond acceptors (Lipinski definition) is 4. The van der Waals surface area contributed by atoms with Gasteiger partial charge in [-0.05, 0) is 24.2 Å². The van der Waals surface area contributed by atoms with Gasteiger partial charge in [0.25, 0.3) is 0 Å². The van der Waals surface area contributed by atoms with Gasteiger partial charge in [-0.3, -0.25) is 9.59 Å². The summed E-state index contributed by atoms with van der Waals surface area (Å²) in [6.45, 7) is 3.86. The van der Waals surface area contributed by atoms with Crippen LogP contribution in [-0.2, 0) is 19.4 Å². The van der Waals surface area contributed by atoms with Crippen molar-refractivity contribution in [2.75, 3.05) is 25.1 Å². The van der Waals surface area contributed by atoms with Gasteiger partial charge in [0.2, 0.25) is 5.91 Å². The van der Waals surface area contributed by atoms with Gasteiger partial charge in [-0.15, -0.1) is 0 Å². The third-order valence-electron chi connectivity index (χ3n) is 3.32. The molecular formula is C13H23NO5S. The molecule has 6 nitrogen and oxygen atoms in total. The molecule has 0 spiro atoms. The predicted octanol–water partition coefficient (Wildman–Crippen LogP) is 0.770. The first-order valence-corrected chi connectivity index (χ1v) is 8.76. The fraction of sp³-hybridized carbons (Fsp3) is 0.846. The van der Waals surface area contributed by atoms with E-state index >= 15 is 0 Å². The smallest absolute Gasteiger partial charge is 0.323 e. The zero-order valence-electron chi connectivity index (χ0n) is 12.3. The highest BCUT2D eigenvalue weighted by Gasteiger charge is 2.47. The molecular weight excluding hydrogens is 282 g/mol. The largest absolute Gasteiger partial charge is 0.480 e. The van der Waals surface area contributed by atoms with E-state index in [-0.39, 0.29) is 30.5 Å². The monoisotopic (exact) mass is 305 g/mol. The second-order valence-corrected chi connectivity index (χ2v) is 8.45. The van der Waals surface area contributed by atoms with Crippen LogP contribution in [0.2, 0.25) is 0 Å². The minimum Gasteiger partial charge on any atom is -0.480 e. The highest BCUT2D eigenvalue weighted by atomic mass is 32.2. The van der Waals surface area contributed by atoms with Crippen LogP contribution < -0.4 is 0 Å². The summed E-state index contributed by atoms with van der Waals surface area (Å²) in [5.74, 6) is -1.13. The predicted molar refractivity (Wildman–Crippen MR) is 75.0 cm³/mol. The van der Waals surface area contributed by atoms with Crippen LogP contribution in [-0.4, -0.2) is 55.4 Å². The molecule has 0 bridgehead atoms. The highest BCUT2D eigenvalue weighted by Crippen LogP contribution is 2.50. The number of carbonyl (C=O) groups is 2. The normalized spacial score (nSPS) is 17.0. The molecule has 1 fully saturated rings. The quantitative estimate of drug-likeness (QED) is 0.715. The summed E-state index contributed by atoms with van der Waals surface area (Å²) in [5.41, 5.74) is -0.460. The van der Waals surface area contributed by atoms with Crippen LogP contribution in [0, 0.1) is 11.3 Å². The average molecular weight is 305 g/mol. The Kier molecular flexibility index (Phi) is 5.18. The van der Waals surface area contributed by atoms with Gasteiger partial charge in [0.15, 0.2) is 0 Å². The molecule has 116 valence electrons. The maximum absolute atomic E-state index is 12.2. The number of carboxylic acids is 1. The lowest BCUT2D eigenvalue weighted by molar-refractivity contribution is -0.145. The maximum Gasteiger partial charge on any atom is 0.323 e. The summed E-state index contributed by atoms with van der Waals surface area (Å²) in [6, 6.07) is 0. The number of amides is 1. The van der Waals surface area contributed by atoms with Crippen molar-refractivity contribution in [1.82, 2.24) is 4.90 Å². The van der Waals surface area contributed by atoms with Gasteiger partial charge in [0, 0.05) is 19.2 Å². The van der Waals surface area contributed by atoms with Crippen molar-refractivity contribution >= 4 is 21.7 Å². The zero-order valence-corrected chi connectivity index (χ0v) is 13.1. The van der Waals surface area contributed by atoms with Crippen LogP contribution in [0.4, 0.5) is 0 Å². The fourth-order valence-electron chi connectivity index (χ4n) is 2.40. The lowest BCUT2D eigenvalue weighted by atomic mass is 10.0. The minimum absolute atomic E-state index is 0.00826. The standard InChI is InChI=1S/C13H23NO5S/c1-10(2)7-14(8-12(16)17)11(15)6-13(4-5-13)9-20(3,18)19/h10H,4-9H2,1-3H3,(H,16,17). The lowest BCUT2D eigenvalue weighted by Crippen LogP contribution is -2.39. The van der Waals surface area contributed by atoms with Gasteiger partial charge in [-0.25, -0.2) is 8.42 Å². The van der Waals surface area contributed by atoms with Gasteiger partial charge in [0.05, 0.1) is 5.75 Å². The van der Waals surface area contributed by atoms with Gasteiger partial charge in [-0.2, -0.15) is 0 Å². The van der Waals surface area contributed by atoms with E-state index in [2.05, 4.69) is 0 Å². The first kappa shape index (κ1) is 16.9. The van der Waals surface area contributed by atoms with Crippen LogP contribution in [0.5, 0.6) is 0 Å². The number of hydrogen-bond donors (Lipinski definition) is 1. The van der Waals surface area contributed by atoms with E-state index in [4.69, 9.17) is 5.11 Å². The van der Waals surface area contributed by atoms with Crippen molar-refractivity contribution in [3.05, 3.63) is 0 Å². The molecule has 0 aromatic carbocycles. The van der Waals surface area contributed by atoms with Gasteiger partial charge >= 0.3 is 5.97 Å². The summed E-state index contributed by atoms with van der Waals surface area (Å²) in [7, 11) is -3.12. The highest BCUT2D eigenvalue weighted by molar-refractivity contribution is 7.90. The van der Waals surface area contributed by atoms with Crippen LogP contribution in [0.1, 0.15) is 33.1 Å². The fourth-order valence-corrected chi connectivity index (χ4v) is 3.90. The molecule has 0 heterocycles. The molecule has 1 saturated carbocycles.